The maximum absolute atomic E-state index is 14.1. The van der Waals surface area contributed by atoms with Gasteiger partial charge in [-0.1, -0.05) is 62.3 Å². The Hall–Kier alpha value is -1.63. The van der Waals surface area contributed by atoms with E-state index in [4.69, 9.17) is 14.2 Å². The van der Waals surface area contributed by atoms with E-state index in [0.717, 1.165) is 0 Å². The SMILES string of the molecule is COC(=O)C(C)(C)C(C)(C)CC(C)(C(=O)OCCN(C)C)C(C)(C)C(C)(C)CC(C)(C(=O)OC)C(C)(C)C. The van der Waals surface area contributed by atoms with Gasteiger partial charge in [0.2, 0.25) is 0 Å². The lowest BCUT2D eigenvalue weighted by molar-refractivity contribution is -0.186. The first-order valence-corrected chi connectivity index (χ1v) is 13.7. The molecule has 0 aromatic rings. The van der Waals surface area contributed by atoms with Crippen LogP contribution in [0.2, 0.25) is 0 Å². The molecule has 0 N–H and O–H groups in total. The molecular formula is C31H59NO6. The summed E-state index contributed by atoms with van der Waals surface area (Å²) < 4.78 is 16.4. The molecule has 0 spiro atoms. The normalized spacial score (nSPS) is 16.9. The molecule has 0 aromatic carbocycles. The first-order valence-electron chi connectivity index (χ1n) is 13.7. The molecule has 2 unspecified atom stereocenters. The Kier molecular flexibility index (Phi) is 11.3. The van der Waals surface area contributed by atoms with Crippen LogP contribution in [0.5, 0.6) is 0 Å². The lowest BCUT2D eigenvalue weighted by Crippen LogP contribution is -2.57. The third kappa shape index (κ3) is 6.92. The van der Waals surface area contributed by atoms with E-state index in [1.54, 1.807) is 0 Å². The topological polar surface area (TPSA) is 82.1 Å². The van der Waals surface area contributed by atoms with Crippen molar-refractivity contribution in [2.45, 2.75) is 103 Å². The number of hydrogen-bond donors (Lipinski definition) is 0. The van der Waals surface area contributed by atoms with Crippen molar-refractivity contribution in [1.29, 1.82) is 0 Å². The number of hydrogen-bond acceptors (Lipinski definition) is 7. The molecular weight excluding hydrogens is 482 g/mol. The van der Waals surface area contributed by atoms with Gasteiger partial charge in [-0.25, -0.2) is 0 Å². The zero-order valence-electron chi connectivity index (χ0n) is 27.7. The fourth-order valence-electron chi connectivity index (χ4n) is 5.39. The molecule has 0 aliphatic carbocycles. The minimum Gasteiger partial charge on any atom is -0.469 e. The van der Waals surface area contributed by atoms with E-state index in [2.05, 4.69) is 27.7 Å². The van der Waals surface area contributed by atoms with Gasteiger partial charge in [0.15, 0.2) is 0 Å². The van der Waals surface area contributed by atoms with Gasteiger partial charge >= 0.3 is 17.9 Å². The largest absolute Gasteiger partial charge is 0.469 e. The molecule has 2 atom stereocenters. The first-order chi connectivity index (χ1) is 16.7. The molecule has 0 fully saturated rings. The van der Waals surface area contributed by atoms with E-state index in [0.29, 0.717) is 19.4 Å². The van der Waals surface area contributed by atoms with Crippen molar-refractivity contribution in [2.75, 3.05) is 41.5 Å². The number of likely N-dealkylation sites (N-methyl/N-ethyl adjacent to an activating group) is 1. The van der Waals surface area contributed by atoms with Gasteiger partial charge in [0.25, 0.3) is 0 Å². The minimum atomic E-state index is -1.01. The highest BCUT2D eigenvalue weighted by Gasteiger charge is 2.62. The van der Waals surface area contributed by atoms with E-state index < -0.39 is 32.5 Å². The first kappa shape index (κ1) is 36.4. The summed E-state index contributed by atoms with van der Waals surface area (Å²) in [5.74, 6) is -0.896. The fourth-order valence-corrected chi connectivity index (χ4v) is 5.39. The van der Waals surface area contributed by atoms with Crippen LogP contribution in [-0.2, 0) is 28.6 Å². The molecule has 0 aliphatic heterocycles. The number of carbonyl (C=O) groups excluding carboxylic acids is 3. The highest BCUT2D eigenvalue weighted by molar-refractivity contribution is 5.80. The van der Waals surface area contributed by atoms with Gasteiger partial charge in [-0.3, -0.25) is 14.4 Å². The van der Waals surface area contributed by atoms with Crippen LogP contribution in [0.3, 0.4) is 0 Å². The number of methoxy groups -OCH3 is 2. The predicted octanol–water partition coefficient (Wildman–Crippen LogP) is 6.38. The molecule has 0 heterocycles. The van der Waals surface area contributed by atoms with Crippen molar-refractivity contribution in [3.05, 3.63) is 0 Å². The number of carbonyl (C=O) groups is 3. The Morgan fingerprint density at radius 1 is 0.605 bits per heavy atom. The van der Waals surface area contributed by atoms with Crippen molar-refractivity contribution < 1.29 is 28.6 Å². The molecule has 224 valence electrons. The van der Waals surface area contributed by atoms with Gasteiger partial charge in [0.05, 0.1) is 30.5 Å². The lowest BCUT2D eigenvalue weighted by Gasteiger charge is -2.58. The summed E-state index contributed by atoms with van der Waals surface area (Å²) in [5.41, 5.74) is -4.88. The van der Waals surface area contributed by atoms with Gasteiger partial charge < -0.3 is 19.1 Å². The summed E-state index contributed by atoms with van der Waals surface area (Å²) in [6.07, 6.45) is 0.869. The van der Waals surface area contributed by atoms with Gasteiger partial charge in [0, 0.05) is 6.54 Å². The average Bonchev–Trinajstić information content (AvgIpc) is 2.75. The van der Waals surface area contributed by atoms with E-state index in [1.807, 2.05) is 81.3 Å². The number of nitrogens with zero attached hydrogens (tertiary/aromatic N) is 1. The molecule has 0 radical (unpaired) electrons. The van der Waals surface area contributed by atoms with Gasteiger partial charge in [0.1, 0.15) is 6.61 Å². The highest BCUT2D eigenvalue weighted by atomic mass is 16.5. The van der Waals surface area contributed by atoms with Crippen LogP contribution >= 0.6 is 0 Å². The van der Waals surface area contributed by atoms with Crippen LogP contribution in [0.25, 0.3) is 0 Å². The van der Waals surface area contributed by atoms with Gasteiger partial charge in [-0.05, 0) is 76.3 Å². The lowest BCUT2D eigenvalue weighted by atomic mass is 9.45. The molecule has 0 aromatic heterocycles. The van der Waals surface area contributed by atoms with Gasteiger partial charge in [-0.2, -0.15) is 0 Å². The average molecular weight is 542 g/mol. The molecule has 38 heavy (non-hydrogen) atoms. The van der Waals surface area contributed by atoms with E-state index in [-0.39, 0.29) is 29.9 Å². The third-order valence-electron chi connectivity index (χ3n) is 10.6. The number of esters is 3. The van der Waals surface area contributed by atoms with Crippen LogP contribution in [0.1, 0.15) is 103 Å². The minimum absolute atomic E-state index is 0.265. The molecule has 0 aliphatic rings. The zero-order chi connectivity index (χ0) is 30.8. The second-order valence-corrected chi connectivity index (χ2v) is 15.2. The smallest absolute Gasteiger partial charge is 0.312 e. The molecule has 0 rings (SSSR count). The summed E-state index contributed by atoms with van der Waals surface area (Å²) in [5, 5.41) is 0. The summed E-state index contributed by atoms with van der Waals surface area (Å²) in [6.45, 7) is 27.0. The Morgan fingerprint density at radius 3 is 1.39 bits per heavy atom. The molecule has 0 bridgehead atoms. The second-order valence-electron chi connectivity index (χ2n) is 15.2. The zero-order valence-corrected chi connectivity index (χ0v) is 27.7. The summed E-state index contributed by atoms with van der Waals surface area (Å²) in [6, 6.07) is 0. The van der Waals surface area contributed by atoms with Crippen LogP contribution in [0, 0.1) is 37.9 Å². The maximum atomic E-state index is 14.1. The summed E-state index contributed by atoms with van der Waals surface area (Å²) >= 11 is 0. The van der Waals surface area contributed by atoms with Crippen molar-refractivity contribution >= 4 is 17.9 Å². The fraction of sp³-hybridized carbons (Fsp3) is 0.903. The van der Waals surface area contributed by atoms with Gasteiger partial charge in [-0.15, -0.1) is 0 Å². The van der Waals surface area contributed by atoms with Crippen LogP contribution in [0.15, 0.2) is 0 Å². The van der Waals surface area contributed by atoms with E-state index >= 15 is 0 Å². The highest BCUT2D eigenvalue weighted by Crippen LogP contribution is 2.63. The maximum Gasteiger partial charge on any atom is 0.312 e. The molecule has 0 amide bonds. The molecule has 7 nitrogen and oxygen atoms in total. The Morgan fingerprint density at radius 2 is 1.03 bits per heavy atom. The standard InChI is InChI=1S/C31H59NO6/c1-25(2,3)30(12,23(34)37-17)21-27(6,7)29(10,11)31(13,24(35)38-19-18-32(14)15)20-26(4,5)28(8,9)22(33)36-16/h18-21H2,1-17H3. The van der Waals surface area contributed by atoms with Crippen molar-refractivity contribution in [3.8, 4) is 0 Å². The predicted molar refractivity (Wildman–Crippen MR) is 154 cm³/mol. The summed E-state index contributed by atoms with van der Waals surface area (Å²) in [7, 11) is 6.68. The Balaban J connectivity index is 6.96. The van der Waals surface area contributed by atoms with E-state index in [1.165, 1.54) is 14.2 Å². The van der Waals surface area contributed by atoms with Crippen molar-refractivity contribution in [2.24, 2.45) is 37.9 Å². The Labute approximate surface area is 233 Å². The Bertz CT molecular complexity index is 849. The monoisotopic (exact) mass is 541 g/mol. The summed E-state index contributed by atoms with van der Waals surface area (Å²) in [4.78, 5) is 42.1. The second kappa shape index (κ2) is 11.9. The van der Waals surface area contributed by atoms with Crippen molar-refractivity contribution in [1.82, 2.24) is 4.90 Å². The van der Waals surface area contributed by atoms with Crippen LogP contribution in [-0.4, -0.2) is 64.3 Å². The molecule has 0 saturated carbocycles. The van der Waals surface area contributed by atoms with E-state index in [9.17, 15) is 14.4 Å². The van der Waals surface area contributed by atoms with Crippen LogP contribution < -0.4 is 0 Å². The third-order valence-corrected chi connectivity index (χ3v) is 10.6. The molecule has 0 saturated heterocycles. The van der Waals surface area contributed by atoms with Crippen molar-refractivity contribution in [3.63, 3.8) is 0 Å². The number of ether oxygens (including phenoxy) is 3. The molecule has 7 heteroatoms. The van der Waals surface area contributed by atoms with Crippen LogP contribution in [0.4, 0.5) is 0 Å². The quantitative estimate of drug-likeness (QED) is 0.198. The number of rotatable bonds is 13.